The van der Waals surface area contributed by atoms with Crippen molar-refractivity contribution in [2.75, 3.05) is 5.73 Å². The second kappa shape index (κ2) is 4.61. The van der Waals surface area contributed by atoms with Crippen LogP contribution in [0.4, 0.5) is 5.69 Å². The fraction of sp³-hybridized carbons (Fsp3) is 0.250. The zero-order valence-corrected chi connectivity index (χ0v) is 10.2. The zero-order valence-electron chi connectivity index (χ0n) is 9.42. The van der Waals surface area contributed by atoms with E-state index >= 15 is 0 Å². The summed E-state index contributed by atoms with van der Waals surface area (Å²) in [5, 5.41) is 4.56. The SMILES string of the molecule is CC(Sc1cnn(C)c1)c1ccc(N)cc1. The molecule has 0 saturated carbocycles. The topological polar surface area (TPSA) is 43.8 Å². The van der Waals surface area contributed by atoms with E-state index in [1.807, 2.05) is 36.3 Å². The molecular formula is C12H15N3S. The maximum absolute atomic E-state index is 5.66. The maximum Gasteiger partial charge on any atom is 0.0626 e. The van der Waals surface area contributed by atoms with Gasteiger partial charge >= 0.3 is 0 Å². The minimum Gasteiger partial charge on any atom is -0.399 e. The van der Waals surface area contributed by atoms with Crippen molar-refractivity contribution < 1.29 is 0 Å². The molecule has 2 N–H and O–H groups in total. The van der Waals surface area contributed by atoms with Gasteiger partial charge in [-0.3, -0.25) is 4.68 Å². The number of aryl methyl sites for hydroxylation is 1. The van der Waals surface area contributed by atoms with E-state index in [4.69, 9.17) is 5.73 Å². The van der Waals surface area contributed by atoms with Crippen LogP contribution in [0.25, 0.3) is 0 Å². The van der Waals surface area contributed by atoms with Crippen molar-refractivity contribution in [2.24, 2.45) is 7.05 Å². The third-order valence-electron chi connectivity index (χ3n) is 2.40. The van der Waals surface area contributed by atoms with Gasteiger partial charge in [0.25, 0.3) is 0 Å². The molecule has 16 heavy (non-hydrogen) atoms. The molecule has 84 valence electrons. The predicted molar refractivity (Wildman–Crippen MR) is 68.3 cm³/mol. The van der Waals surface area contributed by atoms with E-state index in [2.05, 4.69) is 24.2 Å². The average Bonchev–Trinajstić information content (AvgIpc) is 2.65. The number of benzene rings is 1. The molecule has 1 aromatic carbocycles. The zero-order chi connectivity index (χ0) is 11.5. The van der Waals surface area contributed by atoms with E-state index in [1.165, 1.54) is 10.5 Å². The number of nitrogens with two attached hydrogens (primary N) is 1. The highest BCUT2D eigenvalue weighted by atomic mass is 32.2. The normalized spacial score (nSPS) is 12.6. The van der Waals surface area contributed by atoms with Crippen molar-refractivity contribution >= 4 is 17.4 Å². The smallest absolute Gasteiger partial charge is 0.0626 e. The van der Waals surface area contributed by atoms with E-state index in [1.54, 1.807) is 11.8 Å². The molecule has 1 unspecified atom stereocenters. The Morgan fingerprint density at radius 2 is 2.00 bits per heavy atom. The van der Waals surface area contributed by atoms with Gasteiger partial charge in [0.2, 0.25) is 0 Å². The van der Waals surface area contributed by atoms with Crippen LogP contribution in [0.5, 0.6) is 0 Å². The summed E-state index contributed by atoms with van der Waals surface area (Å²) in [4.78, 5) is 1.19. The molecule has 0 aliphatic rings. The Hall–Kier alpha value is -1.42. The number of thioether (sulfide) groups is 1. The number of hydrogen-bond acceptors (Lipinski definition) is 3. The predicted octanol–water partition coefficient (Wildman–Crippen LogP) is 2.86. The Labute approximate surface area is 99.7 Å². The Morgan fingerprint density at radius 1 is 1.31 bits per heavy atom. The lowest BCUT2D eigenvalue weighted by atomic mass is 10.1. The van der Waals surface area contributed by atoms with Crippen LogP contribution < -0.4 is 5.73 Å². The van der Waals surface area contributed by atoms with Crippen molar-refractivity contribution in [3.8, 4) is 0 Å². The molecule has 3 nitrogen and oxygen atoms in total. The molecule has 0 radical (unpaired) electrons. The van der Waals surface area contributed by atoms with Gasteiger partial charge in [-0.15, -0.1) is 11.8 Å². The first-order valence-electron chi connectivity index (χ1n) is 5.16. The quantitative estimate of drug-likeness (QED) is 0.655. The lowest BCUT2D eigenvalue weighted by molar-refractivity contribution is 0.766. The van der Waals surface area contributed by atoms with E-state index in [9.17, 15) is 0 Å². The lowest BCUT2D eigenvalue weighted by Gasteiger charge is -2.10. The van der Waals surface area contributed by atoms with Crippen LogP contribution in [0.3, 0.4) is 0 Å². The van der Waals surface area contributed by atoms with Gasteiger partial charge in [0, 0.05) is 29.1 Å². The van der Waals surface area contributed by atoms with Gasteiger partial charge < -0.3 is 5.73 Å². The summed E-state index contributed by atoms with van der Waals surface area (Å²) in [6, 6.07) is 8.03. The first kappa shape index (κ1) is 11.1. The van der Waals surface area contributed by atoms with Gasteiger partial charge in [-0.2, -0.15) is 5.10 Å². The van der Waals surface area contributed by atoms with E-state index in [0.29, 0.717) is 5.25 Å². The van der Waals surface area contributed by atoms with Crippen molar-refractivity contribution in [1.29, 1.82) is 0 Å². The van der Waals surface area contributed by atoms with Crippen LogP contribution in [0.2, 0.25) is 0 Å². The number of aromatic nitrogens is 2. The molecule has 0 spiro atoms. The maximum atomic E-state index is 5.66. The van der Waals surface area contributed by atoms with Crippen LogP contribution in [0, 0.1) is 0 Å². The third-order valence-corrected chi connectivity index (χ3v) is 3.51. The van der Waals surface area contributed by atoms with Gasteiger partial charge in [0.15, 0.2) is 0 Å². The summed E-state index contributed by atoms with van der Waals surface area (Å²) in [5.41, 5.74) is 7.75. The van der Waals surface area contributed by atoms with Crippen molar-refractivity contribution in [3.63, 3.8) is 0 Å². The van der Waals surface area contributed by atoms with Gasteiger partial charge in [0.1, 0.15) is 0 Å². The molecule has 0 saturated heterocycles. The monoisotopic (exact) mass is 233 g/mol. The number of rotatable bonds is 3. The van der Waals surface area contributed by atoms with Crippen LogP contribution in [0.1, 0.15) is 17.7 Å². The lowest BCUT2D eigenvalue weighted by Crippen LogP contribution is -1.90. The fourth-order valence-corrected chi connectivity index (χ4v) is 2.52. The Bertz CT molecular complexity index is 461. The highest BCUT2D eigenvalue weighted by Gasteiger charge is 2.08. The molecule has 2 rings (SSSR count). The molecular weight excluding hydrogens is 218 g/mol. The minimum atomic E-state index is 0.407. The highest BCUT2D eigenvalue weighted by Crippen LogP contribution is 2.34. The number of hydrogen-bond donors (Lipinski definition) is 1. The third kappa shape index (κ3) is 2.58. The molecule has 2 aromatic rings. The van der Waals surface area contributed by atoms with Crippen LogP contribution in [-0.2, 0) is 7.05 Å². The second-order valence-corrected chi connectivity index (χ2v) is 5.19. The number of nitrogens with zero attached hydrogens (tertiary/aromatic N) is 2. The molecule has 1 aromatic heterocycles. The molecule has 0 aliphatic heterocycles. The second-order valence-electron chi connectivity index (χ2n) is 3.78. The first-order chi connectivity index (χ1) is 7.65. The van der Waals surface area contributed by atoms with E-state index in [-0.39, 0.29) is 0 Å². The number of anilines is 1. The van der Waals surface area contributed by atoms with Crippen molar-refractivity contribution in [2.45, 2.75) is 17.1 Å². The minimum absolute atomic E-state index is 0.407. The van der Waals surface area contributed by atoms with Crippen LogP contribution in [-0.4, -0.2) is 9.78 Å². The summed E-state index contributed by atoms with van der Waals surface area (Å²) in [7, 11) is 1.93. The summed E-state index contributed by atoms with van der Waals surface area (Å²) >= 11 is 1.80. The summed E-state index contributed by atoms with van der Waals surface area (Å²) in [5.74, 6) is 0. The molecule has 1 heterocycles. The van der Waals surface area contributed by atoms with Crippen LogP contribution in [0.15, 0.2) is 41.6 Å². The molecule has 0 fully saturated rings. The van der Waals surface area contributed by atoms with Crippen molar-refractivity contribution in [3.05, 3.63) is 42.2 Å². The van der Waals surface area contributed by atoms with Gasteiger partial charge in [-0.25, -0.2) is 0 Å². The Morgan fingerprint density at radius 3 is 2.56 bits per heavy atom. The van der Waals surface area contributed by atoms with Gasteiger partial charge in [0.05, 0.1) is 6.20 Å². The fourth-order valence-electron chi connectivity index (χ4n) is 1.50. The van der Waals surface area contributed by atoms with Gasteiger partial charge in [-0.1, -0.05) is 12.1 Å². The Kier molecular flexibility index (Phi) is 3.19. The molecule has 0 amide bonds. The molecule has 1 atom stereocenters. The summed E-state index contributed by atoms with van der Waals surface area (Å²) in [6.07, 6.45) is 3.91. The van der Waals surface area contributed by atoms with Gasteiger partial charge in [-0.05, 0) is 24.6 Å². The molecule has 4 heteroatoms. The van der Waals surface area contributed by atoms with Crippen LogP contribution >= 0.6 is 11.8 Å². The standard InChI is InChI=1S/C12H15N3S/c1-9(10-3-5-11(13)6-4-10)16-12-7-14-15(2)8-12/h3-9H,13H2,1-2H3. The summed E-state index contributed by atoms with van der Waals surface area (Å²) < 4.78 is 1.82. The van der Waals surface area contributed by atoms with E-state index < -0.39 is 0 Å². The number of nitrogen functional groups attached to an aromatic ring is 1. The van der Waals surface area contributed by atoms with E-state index in [0.717, 1.165) is 5.69 Å². The highest BCUT2D eigenvalue weighted by molar-refractivity contribution is 7.99. The van der Waals surface area contributed by atoms with Crippen molar-refractivity contribution in [1.82, 2.24) is 9.78 Å². The molecule has 0 bridgehead atoms. The average molecular weight is 233 g/mol. The molecule has 0 aliphatic carbocycles. The first-order valence-corrected chi connectivity index (χ1v) is 6.04. The largest absolute Gasteiger partial charge is 0.399 e. The summed E-state index contributed by atoms with van der Waals surface area (Å²) in [6.45, 7) is 2.18. The Balaban J connectivity index is 2.08.